The van der Waals surface area contributed by atoms with Gasteiger partial charge in [0.15, 0.2) is 0 Å². The number of halogens is 1. The van der Waals surface area contributed by atoms with E-state index >= 15 is 0 Å². The van der Waals surface area contributed by atoms with Crippen molar-refractivity contribution in [3.05, 3.63) is 69.1 Å². The van der Waals surface area contributed by atoms with Crippen molar-refractivity contribution in [2.24, 2.45) is 0 Å². The molecule has 1 aliphatic heterocycles. The summed E-state index contributed by atoms with van der Waals surface area (Å²) in [6, 6.07) is 8.77. The van der Waals surface area contributed by atoms with Crippen LogP contribution in [-0.2, 0) is 4.74 Å². The molecular formula is C25H25BFN3O4. The van der Waals surface area contributed by atoms with Gasteiger partial charge in [0, 0.05) is 0 Å². The fourth-order valence-corrected chi connectivity index (χ4v) is 4.02. The molecule has 9 heteroatoms. The average Bonchev–Trinajstić information content (AvgIpc) is 2.83. The van der Waals surface area contributed by atoms with Crippen LogP contribution in [-0.4, -0.2) is 58.5 Å². The van der Waals surface area contributed by atoms with Gasteiger partial charge in [0.1, 0.15) is 0 Å². The molecule has 1 aromatic heterocycles. The SMILES string of the molecule is B#Cc1c(F)cccc1NC(C)c1cc(C(=O)N(C)C)cc2c(=O)cc(N3CCOCC3)oc12. The van der Waals surface area contributed by atoms with Gasteiger partial charge < -0.3 is 4.74 Å². The minimum absolute atomic E-state index is 0.106. The molecule has 0 bridgehead atoms. The number of fused-ring (bicyclic) bond motifs is 1. The number of benzene rings is 2. The van der Waals surface area contributed by atoms with Gasteiger partial charge in [-0.15, -0.1) is 0 Å². The molecule has 1 atom stereocenters. The van der Waals surface area contributed by atoms with E-state index in [4.69, 9.17) is 16.5 Å². The maximum absolute atomic E-state index is 14.2. The van der Waals surface area contributed by atoms with Crippen LogP contribution in [0.2, 0.25) is 0 Å². The molecule has 1 N–H and O–H groups in total. The van der Waals surface area contributed by atoms with E-state index in [-0.39, 0.29) is 16.9 Å². The molecule has 1 amide bonds. The van der Waals surface area contributed by atoms with Crippen LogP contribution in [0.25, 0.3) is 11.0 Å². The molecule has 2 aromatic carbocycles. The number of nitrogens with one attached hydrogen (secondary N) is 1. The van der Waals surface area contributed by atoms with Gasteiger partial charge >= 0.3 is 193 Å². The Hall–Kier alpha value is -3.55. The zero-order chi connectivity index (χ0) is 24.4. The number of carbonyl (C=O) groups is 1. The molecule has 1 saturated heterocycles. The Morgan fingerprint density at radius 3 is 2.65 bits per heavy atom. The third kappa shape index (κ3) is 4.58. The molecule has 2 heterocycles. The maximum atomic E-state index is 14.2. The van der Waals surface area contributed by atoms with Crippen LogP contribution in [0.4, 0.5) is 16.0 Å². The molecule has 1 fully saturated rings. The summed E-state index contributed by atoms with van der Waals surface area (Å²) in [4.78, 5) is 29.3. The Balaban J connectivity index is 1.87. The zero-order valence-electron chi connectivity index (χ0n) is 19.4. The Morgan fingerprint density at radius 2 is 1.97 bits per heavy atom. The monoisotopic (exact) mass is 461 g/mol. The van der Waals surface area contributed by atoms with E-state index in [0.29, 0.717) is 60.0 Å². The molecule has 4 rings (SSSR count). The Labute approximate surface area is 197 Å². The quantitative estimate of drug-likeness (QED) is 0.589. The minimum atomic E-state index is -0.512. The summed E-state index contributed by atoms with van der Waals surface area (Å²) in [6.07, 6.45) is 0. The van der Waals surface area contributed by atoms with E-state index in [9.17, 15) is 14.0 Å². The fraction of sp³-hybridized carbons (Fsp3) is 0.320. The Morgan fingerprint density at radius 1 is 1.24 bits per heavy atom. The van der Waals surface area contributed by atoms with Crippen molar-refractivity contribution in [2.45, 2.75) is 13.0 Å². The molecule has 3 aromatic rings. The number of hydrogen-bond donors (Lipinski definition) is 1. The number of amides is 1. The molecule has 0 aliphatic carbocycles. The van der Waals surface area contributed by atoms with E-state index < -0.39 is 11.9 Å². The summed E-state index contributed by atoms with van der Waals surface area (Å²) in [6.45, 7) is 4.12. The van der Waals surface area contributed by atoms with E-state index in [1.807, 2.05) is 11.8 Å². The van der Waals surface area contributed by atoms with Crippen LogP contribution in [0.5, 0.6) is 0 Å². The topological polar surface area (TPSA) is 75.0 Å². The van der Waals surface area contributed by atoms with Crippen molar-refractivity contribution in [1.29, 1.82) is 0 Å². The first-order valence-electron chi connectivity index (χ1n) is 11.0. The number of ether oxygens (including phenoxy) is 1. The Kier molecular flexibility index (Phi) is 6.77. The number of morpholine rings is 1. The van der Waals surface area contributed by atoms with Gasteiger partial charge in [-0.05, 0) is 0 Å². The van der Waals surface area contributed by atoms with Gasteiger partial charge in [0.05, 0.1) is 0 Å². The second-order valence-corrected chi connectivity index (χ2v) is 8.36. The standard InChI is InChI=1S/C25H25BFN3O4/c1-15(28-21-6-4-5-20(27)19(21)14-26)17-11-16(25(32)29(2)3)12-18-22(31)13-23(34-24(17)18)30-7-9-33-10-8-30/h4-6,11-13,15,28H,7-10H2,1-3H3. The van der Waals surface area contributed by atoms with Crippen LogP contribution in [0.15, 0.2) is 45.6 Å². The van der Waals surface area contributed by atoms with Crippen molar-refractivity contribution in [3.8, 4) is 5.80 Å². The number of nitrogens with zero attached hydrogens (tertiary/aromatic N) is 2. The van der Waals surface area contributed by atoms with Gasteiger partial charge in [-0.25, -0.2) is 0 Å². The molecule has 1 aliphatic rings. The van der Waals surface area contributed by atoms with Crippen molar-refractivity contribution < 1.29 is 18.3 Å². The summed E-state index contributed by atoms with van der Waals surface area (Å²) in [5.74, 6) is 2.05. The van der Waals surface area contributed by atoms with E-state index in [0.717, 1.165) is 0 Å². The normalized spacial score (nSPS) is 14.6. The molecule has 0 radical (unpaired) electrons. The van der Waals surface area contributed by atoms with Crippen LogP contribution in [0.3, 0.4) is 0 Å². The predicted octanol–water partition coefficient (Wildman–Crippen LogP) is 3.12. The first kappa shape index (κ1) is 23.6. The van der Waals surface area contributed by atoms with Crippen molar-refractivity contribution >= 4 is 35.8 Å². The van der Waals surface area contributed by atoms with Gasteiger partial charge in [0.25, 0.3) is 0 Å². The summed E-state index contributed by atoms with van der Waals surface area (Å²) < 4.78 is 25.9. The number of hydrogen-bond acceptors (Lipinski definition) is 6. The fourth-order valence-electron chi connectivity index (χ4n) is 4.02. The summed E-state index contributed by atoms with van der Waals surface area (Å²) in [7, 11) is 8.81. The summed E-state index contributed by atoms with van der Waals surface area (Å²) >= 11 is 0. The van der Waals surface area contributed by atoms with Gasteiger partial charge in [-0.1, -0.05) is 0 Å². The number of anilines is 2. The first-order valence-corrected chi connectivity index (χ1v) is 11.0. The third-order valence-corrected chi connectivity index (χ3v) is 5.82. The number of carbonyl (C=O) groups excluding carboxylic acids is 1. The van der Waals surface area contributed by atoms with Crippen molar-refractivity contribution in [3.63, 3.8) is 0 Å². The van der Waals surface area contributed by atoms with Crippen LogP contribution in [0.1, 0.15) is 34.5 Å². The van der Waals surface area contributed by atoms with Crippen LogP contribution >= 0.6 is 0 Å². The van der Waals surface area contributed by atoms with Crippen molar-refractivity contribution in [1.82, 2.24) is 4.90 Å². The van der Waals surface area contributed by atoms with Gasteiger partial charge in [-0.3, -0.25) is 0 Å². The molecule has 34 heavy (non-hydrogen) atoms. The Bertz CT molecular complexity index is 1340. The molecule has 0 saturated carbocycles. The average molecular weight is 461 g/mol. The van der Waals surface area contributed by atoms with Gasteiger partial charge in [0.2, 0.25) is 0 Å². The zero-order valence-corrected chi connectivity index (χ0v) is 19.4. The molecule has 0 spiro atoms. The third-order valence-electron chi connectivity index (χ3n) is 5.82. The van der Waals surface area contributed by atoms with Crippen LogP contribution in [0, 0.1) is 11.6 Å². The summed E-state index contributed by atoms with van der Waals surface area (Å²) in [5, 5.41) is 3.52. The van der Waals surface area contributed by atoms with Crippen molar-refractivity contribution in [2.75, 3.05) is 50.6 Å². The second kappa shape index (κ2) is 9.75. The molecular weight excluding hydrogens is 436 g/mol. The van der Waals surface area contributed by atoms with E-state index in [2.05, 4.69) is 11.1 Å². The molecule has 7 nitrogen and oxygen atoms in total. The first-order chi connectivity index (χ1) is 16.3. The molecule has 1 unspecified atom stereocenters. The molecule has 174 valence electrons. The van der Waals surface area contributed by atoms with Gasteiger partial charge in [-0.2, -0.15) is 0 Å². The van der Waals surface area contributed by atoms with E-state index in [1.54, 1.807) is 38.4 Å². The van der Waals surface area contributed by atoms with E-state index in [1.165, 1.54) is 17.0 Å². The second-order valence-electron chi connectivity index (χ2n) is 8.36. The predicted molar refractivity (Wildman–Crippen MR) is 131 cm³/mol. The number of rotatable bonds is 5. The summed E-state index contributed by atoms with van der Waals surface area (Å²) in [5.41, 5.74) is 1.59. The van der Waals surface area contributed by atoms with Crippen LogP contribution < -0.4 is 15.6 Å².